The van der Waals surface area contributed by atoms with Crippen molar-refractivity contribution in [2.24, 2.45) is 11.5 Å². The number of hydrogen-bond acceptors (Lipinski definition) is 8. The molecule has 9 N–H and O–H groups in total. The van der Waals surface area contributed by atoms with Gasteiger partial charge in [0.1, 0.15) is 17.3 Å². The van der Waals surface area contributed by atoms with Crippen molar-refractivity contribution in [1.82, 2.24) is 4.98 Å². The topological polar surface area (TPSA) is 210 Å². The van der Waals surface area contributed by atoms with Crippen LogP contribution in [0.15, 0.2) is 72.8 Å². The molecule has 3 aromatic carbocycles. The van der Waals surface area contributed by atoms with E-state index in [4.69, 9.17) is 41.6 Å². The third-order valence-corrected chi connectivity index (χ3v) is 5.30. The summed E-state index contributed by atoms with van der Waals surface area (Å²) in [6.07, 6.45) is 2.23. The summed E-state index contributed by atoms with van der Waals surface area (Å²) >= 11 is 0. The number of amidine groups is 1. The number of guanidine groups is 1. The van der Waals surface area contributed by atoms with Gasteiger partial charge < -0.3 is 41.2 Å². The van der Waals surface area contributed by atoms with Crippen molar-refractivity contribution in [2.75, 3.05) is 5.32 Å². The van der Waals surface area contributed by atoms with Crippen LogP contribution in [0.5, 0.6) is 40.5 Å². The summed E-state index contributed by atoms with van der Waals surface area (Å²) < 4.78 is 47.8. The maximum Gasteiger partial charge on any atom is 0.328 e. The Labute approximate surface area is 236 Å². The molecule has 0 saturated heterocycles. The number of nitrogens with zero attached hydrogens (tertiary/aromatic N) is 1. The number of nitrogens with two attached hydrogens (primary N) is 2. The van der Waals surface area contributed by atoms with Crippen molar-refractivity contribution in [3.63, 3.8) is 0 Å². The number of carboxylic acid groups (broad SMARTS) is 1. The predicted octanol–water partition coefficient (Wildman–Crippen LogP) is 5.13. The zero-order valence-electron chi connectivity index (χ0n) is 21.4. The van der Waals surface area contributed by atoms with E-state index in [0.29, 0.717) is 11.3 Å². The number of aromatic nitrogens is 1. The van der Waals surface area contributed by atoms with Gasteiger partial charge in [0.25, 0.3) is 11.8 Å². The number of phenolic OH excluding ortho intramolecular Hbond substituents is 1. The van der Waals surface area contributed by atoms with Gasteiger partial charge in [-0.3, -0.25) is 10.8 Å². The molecule has 0 spiro atoms. The first-order chi connectivity index (χ1) is 20.0. The fraction of sp³-hybridized carbons (Fsp3) is 0. The van der Waals surface area contributed by atoms with Crippen molar-refractivity contribution in [1.29, 1.82) is 10.8 Å². The van der Waals surface area contributed by atoms with Crippen LogP contribution in [0.25, 0.3) is 6.08 Å². The summed E-state index contributed by atoms with van der Waals surface area (Å²) in [4.78, 5) is 14.5. The predicted molar refractivity (Wildman–Crippen MR) is 149 cm³/mol. The highest BCUT2D eigenvalue weighted by molar-refractivity contribution is 5.95. The molecule has 0 fully saturated rings. The first-order valence-corrected chi connectivity index (χ1v) is 11.8. The summed E-state index contributed by atoms with van der Waals surface area (Å²) in [6, 6.07) is 15.1. The number of anilines is 1. The third kappa shape index (κ3) is 7.06. The maximum atomic E-state index is 15.6. The second kappa shape index (κ2) is 12.3. The smallest absolute Gasteiger partial charge is 0.328 e. The Morgan fingerprint density at radius 1 is 0.905 bits per heavy atom. The Hall–Kier alpha value is -6.18. The number of carboxylic acids is 1. The van der Waals surface area contributed by atoms with Gasteiger partial charge in [-0.25, -0.2) is 4.79 Å². The van der Waals surface area contributed by atoms with E-state index in [1.807, 2.05) is 0 Å². The maximum absolute atomic E-state index is 15.6. The lowest BCUT2D eigenvalue weighted by molar-refractivity contribution is -0.131. The fourth-order valence-corrected chi connectivity index (χ4v) is 3.41. The molecule has 0 bridgehead atoms. The highest BCUT2D eigenvalue weighted by atomic mass is 19.1. The lowest BCUT2D eigenvalue weighted by atomic mass is 10.2. The van der Waals surface area contributed by atoms with Crippen molar-refractivity contribution in [3.05, 3.63) is 95.6 Å². The summed E-state index contributed by atoms with van der Waals surface area (Å²) in [7, 11) is 0. The molecule has 0 atom stereocenters. The number of nitrogen functional groups attached to an aromatic ring is 1. The summed E-state index contributed by atoms with van der Waals surface area (Å²) in [5.41, 5.74) is 11.8. The quantitative estimate of drug-likeness (QED) is 0.0751. The summed E-state index contributed by atoms with van der Waals surface area (Å²) in [5.74, 6) is -8.02. The van der Waals surface area contributed by atoms with Gasteiger partial charge in [-0.15, -0.1) is 0 Å². The molecule has 12 nitrogen and oxygen atoms in total. The molecule has 4 aromatic rings. The number of pyridine rings is 1. The van der Waals surface area contributed by atoms with E-state index in [0.717, 1.165) is 18.2 Å². The number of benzene rings is 3. The van der Waals surface area contributed by atoms with Crippen LogP contribution >= 0.6 is 0 Å². The van der Waals surface area contributed by atoms with E-state index in [1.165, 1.54) is 54.6 Å². The molecule has 0 saturated carbocycles. The van der Waals surface area contributed by atoms with Gasteiger partial charge in [0.2, 0.25) is 17.4 Å². The zero-order chi connectivity index (χ0) is 30.4. The average molecular weight is 577 g/mol. The molecule has 14 heteroatoms. The van der Waals surface area contributed by atoms with Crippen molar-refractivity contribution in [2.45, 2.75) is 0 Å². The van der Waals surface area contributed by atoms with Gasteiger partial charge in [0.05, 0.1) is 0 Å². The number of ether oxygens (including phenoxy) is 3. The van der Waals surface area contributed by atoms with Crippen LogP contribution in [0, 0.1) is 22.5 Å². The van der Waals surface area contributed by atoms with Crippen LogP contribution in [-0.4, -0.2) is 33.0 Å². The van der Waals surface area contributed by atoms with Crippen LogP contribution in [-0.2, 0) is 4.79 Å². The second-order valence-electron chi connectivity index (χ2n) is 8.39. The van der Waals surface area contributed by atoms with Gasteiger partial charge in [-0.1, -0.05) is 18.2 Å². The molecule has 0 radical (unpaired) electrons. The van der Waals surface area contributed by atoms with Crippen LogP contribution in [0.3, 0.4) is 0 Å². The minimum absolute atomic E-state index is 0.0205. The Bertz CT molecular complexity index is 1710. The number of aromatic hydroxyl groups is 1. The molecular weight excluding hydrogens is 554 g/mol. The van der Waals surface area contributed by atoms with E-state index < -0.39 is 40.9 Å². The molecule has 0 aliphatic carbocycles. The Kier molecular flexibility index (Phi) is 8.46. The van der Waals surface area contributed by atoms with Gasteiger partial charge in [0, 0.05) is 23.4 Å². The average Bonchev–Trinajstić information content (AvgIpc) is 2.94. The highest BCUT2D eigenvalue weighted by Crippen LogP contribution is 2.41. The van der Waals surface area contributed by atoms with E-state index >= 15 is 8.78 Å². The van der Waals surface area contributed by atoms with Gasteiger partial charge in [-0.2, -0.15) is 13.8 Å². The van der Waals surface area contributed by atoms with Gasteiger partial charge in [-0.05, 0) is 54.1 Å². The standard InChI is InChI=1S/C28H22F2N6O6/c29-22-24(40-17-8-4-14(5-9-17)6-11-21(38)39)23(30)27(42-20-12-15(25(31)32)7-10-19(20)37)36-26(22)41-18-3-1-2-16(13-18)35-28(33)34/h1-13,37H,(H3,31,32)(H,38,39)(H4,33,34,35). The Morgan fingerprint density at radius 3 is 2.24 bits per heavy atom. The van der Waals surface area contributed by atoms with Crippen LogP contribution in [0.2, 0.25) is 0 Å². The number of hydrogen-bond donors (Lipinski definition) is 7. The normalized spacial score (nSPS) is 10.7. The molecule has 214 valence electrons. The second-order valence-corrected chi connectivity index (χ2v) is 8.39. The fourth-order valence-electron chi connectivity index (χ4n) is 3.41. The number of halogens is 2. The monoisotopic (exact) mass is 576 g/mol. The first-order valence-electron chi connectivity index (χ1n) is 11.8. The van der Waals surface area contributed by atoms with Crippen molar-refractivity contribution >= 4 is 29.5 Å². The number of aliphatic carboxylic acids is 1. The highest BCUT2D eigenvalue weighted by Gasteiger charge is 2.26. The molecule has 0 aliphatic rings. The van der Waals surface area contributed by atoms with Crippen LogP contribution < -0.4 is 31.0 Å². The van der Waals surface area contributed by atoms with Gasteiger partial charge >= 0.3 is 5.97 Å². The summed E-state index contributed by atoms with van der Waals surface area (Å²) in [6.45, 7) is 0. The van der Waals surface area contributed by atoms with Crippen molar-refractivity contribution < 1.29 is 38.0 Å². The van der Waals surface area contributed by atoms with E-state index in [1.54, 1.807) is 6.07 Å². The number of phenols is 1. The number of rotatable bonds is 10. The van der Waals surface area contributed by atoms with Crippen molar-refractivity contribution in [3.8, 4) is 40.5 Å². The molecule has 1 aromatic heterocycles. The first kappa shape index (κ1) is 28.8. The molecule has 0 unspecified atom stereocenters. The van der Waals surface area contributed by atoms with E-state index in [9.17, 15) is 9.90 Å². The number of carbonyl (C=O) groups is 1. The SMILES string of the molecule is N=C(N)Nc1cccc(Oc2nc(Oc3cc(C(=N)N)ccc3O)c(F)c(Oc3ccc(C=CC(=O)O)cc3)c2F)c1. The number of nitrogens with one attached hydrogen (secondary N) is 3. The molecule has 0 amide bonds. The molecule has 1 heterocycles. The molecular formula is C28H22F2N6O6. The van der Waals surface area contributed by atoms with Gasteiger partial charge in [0.15, 0.2) is 17.5 Å². The largest absolute Gasteiger partial charge is 0.504 e. The van der Waals surface area contributed by atoms with E-state index in [2.05, 4.69) is 10.3 Å². The summed E-state index contributed by atoms with van der Waals surface area (Å²) in [5, 5.41) is 36.5. The Balaban J connectivity index is 1.76. The molecule has 42 heavy (non-hydrogen) atoms. The van der Waals surface area contributed by atoms with E-state index in [-0.39, 0.29) is 34.6 Å². The Morgan fingerprint density at radius 2 is 1.60 bits per heavy atom. The minimum Gasteiger partial charge on any atom is -0.504 e. The van der Waals surface area contributed by atoms with Crippen LogP contribution in [0.1, 0.15) is 11.1 Å². The third-order valence-electron chi connectivity index (χ3n) is 5.30. The zero-order valence-corrected chi connectivity index (χ0v) is 21.4. The minimum atomic E-state index is -1.39. The van der Waals surface area contributed by atoms with Crippen LogP contribution in [0.4, 0.5) is 14.5 Å². The lowest BCUT2D eigenvalue weighted by Crippen LogP contribution is -2.20. The molecule has 0 aliphatic heterocycles. The molecule has 4 rings (SSSR count). The lowest BCUT2D eigenvalue weighted by Gasteiger charge is -2.15.